The number of carbonyl (C=O) groups is 1. The first-order chi connectivity index (χ1) is 15.3. The van der Waals surface area contributed by atoms with Gasteiger partial charge in [0.25, 0.3) is 0 Å². The maximum atomic E-state index is 12.8. The van der Waals surface area contributed by atoms with Crippen LogP contribution in [0.4, 0.5) is 0 Å². The minimum atomic E-state index is -0.384. The van der Waals surface area contributed by atoms with Gasteiger partial charge in [0, 0.05) is 18.2 Å². The van der Waals surface area contributed by atoms with Crippen molar-refractivity contribution in [2.45, 2.75) is 18.9 Å². The van der Waals surface area contributed by atoms with Gasteiger partial charge in [-0.05, 0) is 29.1 Å². The minimum Gasteiger partial charge on any atom is -0.459 e. The summed E-state index contributed by atoms with van der Waals surface area (Å²) in [6.07, 6.45) is 0.599. The van der Waals surface area contributed by atoms with Crippen molar-refractivity contribution in [3.8, 4) is 10.7 Å². The second-order valence-electron chi connectivity index (χ2n) is 7.09. The first-order valence-electron chi connectivity index (χ1n) is 9.95. The Bertz CT molecular complexity index is 1260. The lowest BCUT2D eigenvalue weighted by atomic mass is 10.0. The van der Waals surface area contributed by atoms with Crippen LogP contribution in [0.15, 0.2) is 87.1 Å². The Hall–Kier alpha value is -3.71. The van der Waals surface area contributed by atoms with Crippen molar-refractivity contribution < 1.29 is 13.7 Å². The first-order valence-corrected chi connectivity index (χ1v) is 10.8. The van der Waals surface area contributed by atoms with E-state index in [1.54, 1.807) is 11.3 Å². The van der Waals surface area contributed by atoms with E-state index in [-0.39, 0.29) is 18.4 Å². The Morgan fingerprint density at radius 2 is 1.87 bits per heavy atom. The summed E-state index contributed by atoms with van der Waals surface area (Å²) in [4.78, 5) is 18.1. The molecule has 3 heterocycles. The van der Waals surface area contributed by atoms with E-state index < -0.39 is 0 Å². The van der Waals surface area contributed by atoms with Gasteiger partial charge in [-0.25, -0.2) is 0 Å². The highest BCUT2D eigenvalue weighted by Gasteiger charge is 2.21. The third-order valence-electron chi connectivity index (χ3n) is 4.94. The summed E-state index contributed by atoms with van der Waals surface area (Å²) < 4.78 is 11.3. The van der Waals surface area contributed by atoms with Crippen molar-refractivity contribution >= 4 is 28.2 Å². The maximum Gasteiger partial charge on any atom is 0.227 e. The van der Waals surface area contributed by atoms with E-state index in [4.69, 9.17) is 8.94 Å². The number of para-hydroxylation sites is 1. The van der Waals surface area contributed by atoms with Crippen molar-refractivity contribution in [1.82, 2.24) is 15.5 Å². The molecule has 5 aromatic rings. The Balaban J connectivity index is 1.31. The number of fused-ring (bicyclic) bond motifs is 1. The third-order valence-corrected chi connectivity index (χ3v) is 5.81. The fourth-order valence-corrected chi connectivity index (χ4v) is 4.07. The molecule has 0 spiro atoms. The fourth-order valence-electron chi connectivity index (χ4n) is 3.42. The van der Waals surface area contributed by atoms with E-state index in [1.165, 1.54) is 0 Å². The molecular weight excluding hydrogens is 410 g/mol. The average Bonchev–Trinajstić information content (AvgIpc) is 3.56. The van der Waals surface area contributed by atoms with Gasteiger partial charge >= 0.3 is 0 Å². The van der Waals surface area contributed by atoms with Crippen molar-refractivity contribution in [3.05, 3.63) is 95.4 Å². The number of aryl methyl sites for hydroxylation is 1. The van der Waals surface area contributed by atoms with Crippen LogP contribution in [0.1, 0.15) is 29.7 Å². The molecule has 0 saturated carbocycles. The second kappa shape index (κ2) is 8.57. The summed E-state index contributed by atoms with van der Waals surface area (Å²) in [5, 5.41) is 10.0. The molecular formula is C24H19N3O3S. The molecule has 1 N–H and O–H groups in total. The van der Waals surface area contributed by atoms with Gasteiger partial charge in [0.15, 0.2) is 0 Å². The number of rotatable bonds is 7. The quantitative estimate of drug-likeness (QED) is 0.375. The van der Waals surface area contributed by atoms with Crippen molar-refractivity contribution in [3.63, 3.8) is 0 Å². The summed E-state index contributed by atoms with van der Waals surface area (Å²) in [5.74, 6) is 1.57. The number of amides is 1. The van der Waals surface area contributed by atoms with Gasteiger partial charge in [0.2, 0.25) is 17.6 Å². The number of hydrogen-bond donors (Lipinski definition) is 1. The molecule has 0 aliphatic carbocycles. The SMILES string of the molecule is O=C(CCc1nc(-c2cccs2)no1)NC(c1ccccc1)c1cc2ccccc2o1. The first kappa shape index (κ1) is 19.3. The topological polar surface area (TPSA) is 81.2 Å². The van der Waals surface area contributed by atoms with Crippen LogP contribution in [0.25, 0.3) is 21.7 Å². The predicted molar refractivity (Wildman–Crippen MR) is 119 cm³/mol. The fraction of sp³-hybridized carbons (Fsp3) is 0.125. The molecule has 154 valence electrons. The smallest absolute Gasteiger partial charge is 0.227 e. The molecule has 2 aromatic carbocycles. The Labute approximate surface area is 182 Å². The summed E-state index contributed by atoms with van der Waals surface area (Å²) in [6.45, 7) is 0. The van der Waals surface area contributed by atoms with E-state index in [0.717, 1.165) is 21.4 Å². The van der Waals surface area contributed by atoms with Gasteiger partial charge in [-0.15, -0.1) is 11.3 Å². The highest BCUT2D eigenvalue weighted by Crippen LogP contribution is 2.28. The normalized spacial score (nSPS) is 12.1. The molecule has 5 rings (SSSR count). The van der Waals surface area contributed by atoms with Crippen LogP contribution in [0.5, 0.6) is 0 Å². The molecule has 0 saturated heterocycles. The number of carbonyl (C=O) groups excluding carboxylic acids is 1. The van der Waals surface area contributed by atoms with Gasteiger partial charge in [-0.3, -0.25) is 4.79 Å². The van der Waals surface area contributed by atoms with Gasteiger partial charge in [0.05, 0.1) is 4.88 Å². The Morgan fingerprint density at radius 1 is 1.03 bits per heavy atom. The molecule has 0 bridgehead atoms. The minimum absolute atomic E-state index is 0.120. The van der Waals surface area contributed by atoms with Crippen LogP contribution in [0.2, 0.25) is 0 Å². The Morgan fingerprint density at radius 3 is 2.68 bits per heavy atom. The molecule has 0 fully saturated rings. The van der Waals surface area contributed by atoms with Gasteiger partial charge in [-0.1, -0.05) is 59.8 Å². The average molecular weight is 430 g/mol. The van der Waals surface area contributed by atoms with Gasteiger partial charge in [-0.2, -0.15) is 4.98 Å². The van der Waals surface area contributed by atoms with E-state index >= 15 is 0 Å². The van der Waals surface area contributed by atoms with Crippen LogP contribution < -0.4 is 5.32 Å². The van der Waals surface area contributed by atoms with Crippen molar-refractivity contribution in [1.29, 1.82) is 0 Å². The molecule has 0 radical (unpaired) electrons. The largest absolute Gasteiger partial charge is 0.459 e. The maximum absolute atomic E-state index is 12.8. The number of nitrogens with one attached hydrogen (secondary N) is 1. The lowest BCUT2D eigenvalue weighted by Gasteiger charge is -2.17. The molecule has 1 atom stereocenters. The lowest BCUT2D eigenvalue weighted by Crippen LogP contribution is -2.29. The number of benzene rings is 2. The van der Waals surface area contributed by atoms with Crippen molar-refractivity contribution in [2.24, 2.45) is 0 Å². The van der Waals surface area contributed by atoms with E-state index in [1.807, 2.05) is 78.2 Å². The molecule has 0 aliphatic rings. The number of nitrogens with zero attached hydrogens (tertiary/aromatic N) is 2. The summed E-state index contributed by atoms with van der Waals surface area (Å²) in [7, 11) is 0. The van der Waals surface area contributed by atoms with Crippen molar-refractivity contribution in [2.75, 3.05) is 0 Å². The highest BCUT2D eigenvalue weighted by molar-refractivity contribution is 7.13. The van der Waals surface area contributed by atoms with E-state index in [0.29, 0.717) is 23.9 Å². The highest BCUT2D eigenvalue weighted by atomic mass is 32.1. The predicted octanol–water partition coefficient (Wildman–Crippen LogP) is 5.38. The molecule has 1 unspecified atom stereocenters. The van der Waals surface area contributed by atoms with Gasteiger partial charge in [0.1, 0.15) is 17.4 Å². The van der Waals surface area contributed by atoms with E-state index in [9.17, 15) is 4.79 Å². The van der Waals surface area contributed by atoms with Crippen LogP contribution in [-0.2, 0) is 11.2 Å². The van der Waals surface area contributed by atoms with Crippen LogP contribution >= 0.6 is 11.3 Å². The zero-order valence-corrected chi connectivity index (χ0v) is 17.3. The Kier molecular flexibility index (Phi) is 5.33. The molecule has 0 aliphatic heterocycles. The number of thiophene rings is 1. The molecule has 31 heavy (non-hydrogen) atoms. The van der Waals surface area contributed by atoms with Crippen LogP contribution in [0.3, 0.4) is 0 Å². The number of aromatic nitrogens is 2. The number of hydrogen-bond acceptors (Lipinski definition) is 6. The zero-order valence-electron chi connectivity index (χ0n) is 16.5. The summed E-state index contributed by atoms with van der Waals surface area (Å²) >= 11 is 1.54. The standard InChI is InChI=1S/C24H19N3O3S/c28-21(12-13-22-26-24(27-30-22)20-11-6-14-31-20)25-23(16-7-2-1-3-8-16)19-15-17-9-4-5-10-18(17)29-19/h1-11,14-15,23H,12-13H2,(H,25,28). The molecule has 7 heteroatoms. The zero-order chi connectivity index (χ0) is 21.0. The third kappa shape index (κ3) is 4.27. The molecule has 3 aromatic heterocycles. The second-order valence-corrected chi connectivity index (χ2v) is 8.03. The van der Waals surface area contributed by atoms with Crippen LogP contribution in [0, 0.1) is 0 Å². The van der Waals surface area contributed by atoms with Gasteiger partial charge < -0.3 is 14.3 Å². The summed E-state index contributed by atoms with van der Waals surface area (Å²) in [5.41, 5.74) is 1.74. The monoisotopic (exact) mass is 429 g/mol. The molecule has 6 nitrogen and oxygen atoms in total. The summed E-state index contributed by atoms with van der Waals surface area (Å²) in [6, 6.07) is 23.1. The van der Waals surface area contributed by atoms with E-state index in [2.05, 4.69) is 15.5 Å². The van der Waals surface area contributed by atoms with Crippen LogP contribution in [-0.4, -0.2) is 16.0 Å². The molecule has 1 amide bonds. The number of furan rings is 1. The lowest BCUT2D eigenvalue weighted by molar-refractivity contribution is -0.121.